The second-order valence-electron chi connectivity index (χ2n) is 14.6. The molecule has 0 aromatic rings. The van der Waals surface area contributed by atoms with Crippen molar-refractivity contribution in [3.63, 3.8) is 0 Å². The predicted octanol–water partition coefficient (Wildman–Crippen LogP) is 7.35. The molecule has 2 spiro atoms. The van der Waals surface area contributed by atoms with Crippen molar-refractivity contribution < 1.29 is 9.90 Å². The number of Topliss-reactive ketones (excluding diaryl/α,β-unsaturated/α-hetero) is 1. The zero-order valence-electron chi connectivity index (χ0n) is 21.9. The summed E-state index contributed by atoms with van der Waals surface area (Å²) in [5.74, 6) is 3.48. The smallest absolute Gasteiger partial charge is 0.138 e. The van der Waals surface area contributed by atoms with Gasteiger partial charge >= 0.3 is 0 Å². The van der Waals surface area contributed by atoms with Gasteiger partial charge in [0, 0.05) is 11.8 Å². The Balaban J connectivity index is 1.40. The molecule has 5 saturated carbocycles. The molecule has 5 aliphatic carbocycles. The van der Waals surface area contributed by atoms with Gasteiger partial charge in [0.25, 0.3) is 0 Å². The van der Waals surface area contributed by atoms with Crippen molar-refractivity contribution in [1.29, 1.82) is 0 Å². The SMILES string of the molecule is C[C@H](C/C=C\C(C)(C)O)[C@H]1CC[C@@]2(C)C3CCC4C(C)(C)C(=O)CCC45CC35CC[C@]12C. The van der Waals surface area contributed by atoms with Crippen LogP contribution in [0.2, 0.25) is 0 Å². The predicted molar refractivity (Wildman–Crippen MR) is 131 cm³/mol. The molecule has 0 aliphatic heterocycles. The summed E-state index contributed by atoms with van der Waals surface area (Å²) in [6, 6.07) is 0. The van der Waals surface area contributed by atoms with E-state index in [2.05, 4.69) is 40.7 Å². The van der Waals surface area contributed by atoms with Gasteiger partial charge in [-0.15, -0.1) is 0 Å². The molecule has 5 aliphatic rings. The summed E-state index contributed by atoms with van der Waals surface area (Å²) < 4.78 is 0. The number of hydrogen-bond donors (Lipinski definition) is 1. The quantitative estimate of drug-likeness (QED) is 0.464. The van der Waals surface area contributed by atoms with Gasteiger partial charge in [0.15, 0.2) is 0 Å². The monoisotopic (exact) mass is 440 g/mol. The second kappa shape index (κ2) is 6.73. The van der Waals surface area contributed by atoms with Gasteiger partial charge < -0.3 is 5.11 Å². The zero-order valence-corrected chi connectivity index (χ0v) is 21.9. The van der Waals surface area contributed by atoms with Crippen LogP contribution in [0, 0.1) is 50.7 Å². The lowest BCUT2D eigenvalue weighted by Crippen LogP contribution is -2.57. The molecule has 5 fully saturated rings. The maximum atomic E-state index is 12.8. The molecule has 0 saturated heterocycles. The minimum atomic E-state index is -0.709. The number of aliphatic hydroxyl groups is 1. The third-order valence-corrected chi connectivity index (χ3v) is 12.6. The van der Waals surface area contributed by atoms with E-state index >= 15 is 0 Å². The molecule has 8 atom stereocenters. The zero-order chi connectivity index (χ0) is 23.4. The van der Waals surface area contributed by atoms with Gasteiger partial charge in [0.2, 0.25) is 0 Å². The van der Waals surface area contributed by atoms with Crippen molar-refractivity contribution in [2.45, 2.75) is 118 Å². The Morgan fingerprint density at radius 1 is 0.969 bits per heavy atom. The van der Waals surface area contributed by atoms with E-state index in [1.165, 1.54) is 51.4 Å². The Labute approximate surface area is 197 Å². The number of hydrogen-bond acceptors (Lipinski definition) is 2. The average molecular weight is 441 g/mol. The van der Waals surface area contributed by atoms with Crippen molar-refractivity contribution in [2.75, 3.05) is 0 Å². The highest BCUT2D eigenvalue weighted by atomic mass is 16.3. The van der Waals surface area contributed by atoms with E-state index in [1.54, 1.807) is 0 Å². The fraction of sp³-hybridized carbons (Fsp3) is 0.900. The first-order chi connectivity index (χ1) is 14.7. The fourth-order valence-electron chi connectivity index (χ4n) is 10.9. The number of fused-ring (bicyclic) bond motifs is 2. The Bertz CT molecular complexity index is 832. The van der Waals surface area contributed by atoms with Gasteiger partial charge in [-0.25, -0.2) is 0 Å². The van der Waals surface area contributed by atoms with E-state index in [0.717, 1.165) is 24.7 Å². The van der Waals surface area contributed by atoms with Crippen LogP contribution in [-0.2, 0) is 4.79 Å². The minimum absolute atomic E-state index is 0.103. The molecule has 2 nitrogen and oxygen atoms in total. The summed E-state index contributed by atoms with van der Waals surface area (Å²) in [5, 5.41) is 10.1. The van der Waals surface area contributed by atoms with Gasteiger partial charge in [-0.3, -0.25) is 4.79 Å². The number of ketones is 1. The van der Waals surface area contributed by atoms with Gasteiger partial charge in [0.1, 0.15) is 5.78 Å². The molecule has 0 aromatic heterocycles. The van der Waals surface area contributed by atoms with Crippen LogP contribution in [0.25, 0.3) is 0 Å². The van der Waals surface area contributed by atoms with Crippen molar-refractivity contribution >= 4 is 5.78 Å². The van der Waals surface area contributed by atoms with E-state index in [9.17, 15) is 9.90 Å². The average Bonchev–Trinajstić information content (AvgIpc) is 3.27. The van der Waals surface area contributed by atoms with E-state index < -0.39 is 5.60 Å². The van der Waals surface area contributed by atoms with Crippen LogP contribution in [0.15, 0.2) is 12.2 Å². The molecule has 2 heteroatoms. The molecule has 32 heavy (non-hydrogen) atoms. The number of allylic oxidation sites excluding steroid dienone is 1. The molecule has 1 N–H and O–H groups in total. The van der Waals surface area contributed by atoms with Crippen LogP contribution in [0.3, 0.4) is 0 Å². The largest absolute Gasteiger partial charge is 0.386 e. The molecule has 4 unspecified atom stereocenters. The first-order valence-electron chi connectivity index (χ1n) is 13.7. The van der Waals surface area contributed by atoms with E-state index in [0.29, 0.717) is 39.3 Å². The van der Waals surface area contributed by atoms with Crippen LogP contribution in [0.5, 0.6) is 0 Å². The van der Waals surface area contributed by atoms with Gasteiger partial charge in [0.05, 0.1) is 5.60 Å². The minimum Gasteiger partial charge on any atom is -0.386 e. The maximum absolute atomic E-state index is 12.8. The van der Waals surface area contributed by atoms with Gasteiger partial charge in [-0.2, -0.15) is 0 Å². The van der Waals surface area contributed by atoms with E-state index in [-0.39, 0.29) is 5.41 Å². The molecule has 0 radical (unpaired) electrons. The Hall–Kier alpha value is -0.630. The van der Waals surface area contributed by atoms with Gasteiger partial charge in [-0.05, 0) is 117 Å². The summed E-state index contributed by atoms with van der Waals surface area (Å²) >= 11 is 0. The first-order valence-corrected chi connectivity index (χ1v) is 13.7. The molecule has 5 rings (SSSR count). The Morgan fingerprint density at radius 2 is 1.62 bits per heavy atom. The molecule has 0 amide bonds. The van der Waals surface area contributed by atoms with Crippen molar-refractivity contribution in [2.24, 2.45) is 50.7 Å². The Morgan fingerprint density at radius 3 is 2.31 bits per heavy atom. The first kappa shape index (κ1) is 23.1. The van der Waals surface area contributed by atoms with Crippen molar-refractivity contribution in [3.05, 3.63) is 12.2 Å². The molecule has 0 bridgehead atoms. The maximum Gasteiger partial charge on any atom is 0.138 e. The lowest BCUT2D eigenvalue weighted by Gasteiger charge is -2.62. The number of carbonyl (C=O) groups excluding carboxylic acids is 1. The van der Waals surface area contributed by atoms with Crippen LogP contribution < -0.4 is 0 Å². The number of rotatable bonds is 4. The standard InChI is InChI=1S/C30H48O2/c1-20(9-8-14-25(2,3)32)21-12-15-28(7)23-11-10-22-26(4,5)24(31)13-16-29(22)19-30(23,29)18-17-27(21,28)6/h8,14,20-23,32H,9-13,15-19H2,1-7H3/b14-8-/t20-,21-,22?,23?,27-,28+,29?,30?/m1/s1. The van der Waals surface area contributed by atoms with E-state index in [4.69, 9.17) is 0 Å². The molecular weight excluding hydrogens is 392 g/mol. The summed E-state index contributed by atoms with van der Waals surface area (Å²) in [4.78, 5) is 12.8. The fourth-order valence-corrected chi connectivity index (χ4v) is 10.9. The highest BCUT2D eigenvalue weighted by Crippen LogP contribution is 2.88. The van der Waals surface area contributed by atoms with Crippen LogP contribution in [0.1, 0.15) is 113 Å². The molecule has 0 aromatic carbocycles. The summed E-state index contributed by atoms with van der Waals surface area (Å²) in [5.41, 5.74) is 1.09. The highest BCUT2D eigenvalue weighted by molar-refractivity contribution is 5.86. The van der Waals surface area contributed by atoms with Gasteiger partial charge in [-0.1, -0.05) is 46.8 Å². The molecule has 180 valence electrons. The lowest BCUT2D eigenvalue weighted by molar-refractivity contribution is -0.156. The lowest BCUT2D eigenvalue weighted by atomic mass is 9.42. The molecular formula is C30H48O2. The van der Waals surface area contributed by atoms with Crippen molar-refractivity contribution in [1.82, 2.24) is 0 Å². The second-order valence-corrected chi connectivity index (χ2v) is 14.6. The van der Waals surface area contributed by atoms with Crippen molar-refractivity contribution in [3.8, 4) is 0 Å². The third-order valence-electron chi connectivity index (χ3n) is 12.6. The molecule has 0 heterocycles. The Kier molecular flexibility index (Phi) is 4.87. The van der Waals surface area contributed by atoms with Crippen LogP contribution >= 0.6 is 0 Å². The van der Waals surface area contributed by atoms with E-state index in [1.807, 2.05) is 19.9 Å². The summed E-state index contributed by atoms with van der Waals surface area (Å²) in [7, 11) is 0. The van der Waals surface area contributed by atoms with Crippen LogP contribution in [-0.4, -0.2) is 16.5 Å². The topological polar surface area (TPSA) is 37.3 Å². The van der Waals surface area contributed by atoms with Crippen LogP contribution in [0.4, 0.5) is 0 Å². The number of carbonyl (C=O) groups is 1. The highest BCUT2D eigenvalue weighted by Gasteiger charge is 2.82. The summed E-state index contributed by atoms with van der Waals surface area (Å²) in [6.45, 7) is 16.1. The normalized spacial score (nSPS) is 50.4. The summed E-state index contributed by atoms with van der Waals surface area (Å²) in [6.07, 6.45) is 16.9. The third kappa shape index (κ3) is 2.77.